The monoisotopic (exact) mass is 1080 g/mol. The summed E-state index contributed by atoms with van der Waals surface area (Å²) in [5, 5.41) is 9.60. The van der Waals surface area contributed by atoms with Crippen LogP contribution in [0.15, 0.2) is 42.5 Å². The third-order valence-corrected chi connectivity index (χ3v) is 14.9. The minimum absolute atomic E-state index is 0.109. The lowest BCUT2D eigenvalue weighted by atomic mass is 9.93. The van der Waals surface area contributed by atoms with E-state index in [1.807, 2.05) is 11.9 Å². The first kappa shape index (κ1) is 54.7. The molecule has 0 saturated carbocycles. The van der Waals surface area contributed by atoms with Crippen molar-refractivity contribution in [3.8, 4) is 23.0 Å². The van der Waals surface area contributed by atoms with Crippen LogP contribution >= 0.6 is 11.6 Å². The summed E-state index contributed by atoms with van der Waals surface area (Å²) in [6, 6.07) is 5.77. The van der Waals surface area contributed by atoms with E-state index < -0.39 is 135 Å². The first-order valence-corrected chi connectivity index (χ1v) is 25.4. The number of piperazine rings is 1. The normalized spacial score (nSPS) is 17.8. The van der Waals surface area contributed by atoms with Gasteiger partial charge in [0, 0.05) is 55.4 Å². The van der Waals surface area contributed by atoms with Crippen LogP contribution < -0.4 is 9.62 Å². The minimum Gasteiger partial charge on any atom is -0.615 e. The van der Waals surface area contributed by atoms with E-state index in [9.17, 15) is 53.8 Å². The Morgan fingerprint density at radius 2 is 1.58 bits per heavy atom. The molecule has 1 saturated heterocycles. The van der Waals surface area contributed by atoms with Crippen LogP contribution in [0.4, 0.5) is 49.7 Å². The van der Waals surface area contributed by atoms with Crippen molar-refractivity contribution in [2.24, 2.45) is 0 Å². The molecule has 3 unspecified atom stereocenters. The molecule has 0 bridgehead atoms. The van der Waals surface area contributed by atoms with Crippen molar-refractivity contribution < 1.29 is 62.6 Å². The SMILES string of the molecule is C[C@H]1CC(F)(F)c2c1c(C(F)(F)F)nn2CC(=O)NC(Cc1cc(F)cc(F)c1)c1nc(C#CC(C)(C)[S+](C)[O-])ccc1-c1ccc(Cl)c2c(N(C(=O)CN3CCN(C)CC3)[S+](C)[O-])nn(CC(F)(F)F)c12. The van der Waals surface area contributed by atoms with E-state index in [2.05, 4.69) is 32.3 Å². The zero-order chi connectivity index (χ0) is 53.0. The number of hydrogen-bond acceptors (Lipinski definition) is 9. The number of pyridine rings is 1. The number of carbonyl (C=O) groups excluding carboxylic acids is 2. The molecule has 2 aromatic carbocycles. The van der Waals surface area contributed by atoms with E-state index >= 15 is 8.78 Å². The Hall–Kier alpha value is -5.10. The van der Waals surface area contributed by atoms with Crippen LogP contribution in [-0.2, 0) is 63.7 Å². The predicted molar refractivity (Wildman–Crippen MR) is 250 cm³/mol. The molecule has 1 aliphatic heterocycles. The Labute approximate surface area is 417 Å². The minimum atomic E-state index is -5.20. The van der Waals surface area contributed by atoms with Crippen LogP contribution in [0.5, 0.6) is 0 Å². The van der Waals surface area contributed by atoms with Gasteiger partial charge in [-0.15, -0.1) is 9.40 Å². The number of aromatic nitrogens is 5. The molecule has 1 fully saturated rings. The van der Waals surface area contributed by atoms with Crippen LogP contribution in [0.1, 0.15) is 73.1 Å². The van der Waals surface area contributed by atoms with Gasteiger partial charge >= 0.3 is 12.4 Å². The second kappa shape index (κ2) is 20.7. The second-order valence-electron chi connectivity index (χ2n) is 18.1. The van der Waals surface area contributed by atoms with Gasteiger partial charge in [-0.1, -0.05) is 24.6 Å². The fourth-order valence-corrected chi connectivity index (χ4v) is 9.81. The second-order valence-corrected chi connectivity index (χ2v) is 21.7. The number of nitrogens with zero attached hydrogens (tertiary/aromatic N) is 8. The van der Waals surface area contributed by atoms with Crippen molar-refractivity contribution in [3.05, 3.63) is 93.0 Å². The average Bonchev–Trinajstić information content (AvgIpc) is 3.90. The van der Waals surface area contributed by atoms with Crippen LogP contribution in [0.3, 0.4) is 0 Å². The van der Waals surface area contributed by atoms with Crippen molar-refractivity contribution in [2.75, 3.05) is 56.6 Å². The van der Waals surface area contributed by atoms with E-state index in [0.717, 1.165) is 29.6 Å². The number of carbonyl (C=O) groups is 2. The van der Waals surface area contributed by atoms with Gasteiger partial charge in [0.05, 0.1) is 51.8 Å². The Kier molecular flexibility index (Phi) is 15.7. The predicted octanol–water partition coefficient (Wildman–Crippen LogP) is 7.89. The van der Waals surface area contributed by atoms with Crippen molar-refractivity contribution >= 4 is 62.7 Å². The molecule has 26 heteroatoms. The van der Waals surface area contributed by atoms with Crippen molar-refractivity contribution in [3.63, 3.8) is 0 Å². The molecule has 0 spiro atoms. The summed E-state index contributed by atoms with van der Waals surface area (Å²) >= 11 is 2.99. The van der Waals surface area contributed by atoms with Gasteiger partial charge in [-0.3, -0.25) is 23.9 Å². The van der Waals surface area contributed by atoms with Crippen LogP contribution in [-0.4, -0.2) is 118 Å². The number of amides is 2. The number of likely N-dealkylation sites (N-methyl/N-ethyl adjacent to an activating group) is 1. The van der Waals surface area contributed by atoms with Crippen molar-refractivity contribution in [2.45, 2.75) is 81.7 Å². The highest BCUT2D eigenvalue weighted by Crippen LogP contribution is 2.52. The molecule has 72 heavy (non-hydrogen) atoms. The number of hydrogen-bond donors (Lipinski definition) is 1. The Morgan fingerprint density at radius 1 is 0.944 bits per heavy atom. The maximum Gasteiger partial charge on any atom is 0.435 e. The van der Waals surface area contributed by atoms with Gasteiger partial charge in [0.1, 0.15) is 42.4 Å². The van der Waals surface area contributed by atoms with E-state index in [0.29, 0.717) is 36.9 Å². The average molecular weight is 1080 g/mol. The standard InChI is InChI=1S/C46H46ClF10N9O4S2/c1-25-21-44(50,51)41-36(25)40(46(55,56)57)60-64(41)22-34(67)59-33(19-26-17-27(48)20-28(49)18-26)38-30(8-7-29(58-38)11-12-43(2,3)71(5)69)31-9-10-32(47)37-39(31)65(24-45(52,53)54)61-42(37)66(72(6)70)35(68)23-63-15-13-62(4)14-16-63/h7-10,17-18,20,25,33H,13-16,19,21-24H2,1-6H3,(H,59,67)/t25-,33?,71?,72?/m0/s1. The van der Waals surface area contributed by atoms with Gasteiger partial charge in [-0.25, -0.2) is 13.8 Å². The third-order valence-electron chi connectivity index (χ3n) is 12.2. The highest BCUT2D eigenvalue weighted by atomic mass is 35.5. The molecule has 13 nitrogen and oxygen atoms in total. The summed E-state index contributed by atoms with van der Waals surface area (Å²) in [4.78, 5) is 36.7. The molecule has 3 aromatic heterocycles. The highest BCUT2D eigenvalue weighted by molar-refractivity contribution is 7.93. The van der Waals surface area contributed by atoms with E-state index in [4.69, 9.17) is 11.6 Å². The molecule has 2 aliphatic rings. The van der Waals surface area contributed by atoms with Crippen LogP contribution in [0.2, 0.25) is 5.02 Å². The number of rotatable bonds is 13. The third kappa shape index (κ3) is 12.0. The zero-order valence-electron chi connectivity index (χ0n) is 39.2. The number of anilines is 1. The quantitative estimate of drug-likeness (QED) is 0.0706. The van der Waals surface area contributed by atoms with Gasteiger partial charge in [-0.05, 0) is 92.1 Å². The molecule has 1 aliphatic carbocycles. The van der Waals surface area contributed by atoms with Gasteiger partial charge in [-0.2, -0.15) is 40.2 Å². The number of nitrogens with one attached hydrogen (secondary N) is 1. The summed E-state index contributed by atoms with van der Waals surface area (Å²) in [6.07, 6.45) is -9.30. The van der Waals surface area contributed by atoms with E-state index in [1.54, 1.807) is 18.7 Å². The lowest BCUT2D eigenvalue weighted by molar-refractivity contribution is -0.143. The topological polar surface area (TPSA) is 151 Å². The molecule has 2 amide bonds. The molecule has 388 valence electrons. The van der Waals surface area contributed by atoms with Gasteiger partial charge in [0.15, 0.2) is 10.4 Å². The molecule has 0 radical (unpaired) electrons. The van der Waals surface area contributed by atoms with Gasteiger partial charge in [0.25, 0.3) is 11.8 Å². The maximum absolute atomic E-state index is 15.4. The summed E-state index contributed by atoms with van der Waals surface area (Å²) in [5.41, 5.74) is -4.83. The molecule has 4 atom stereocenters. The van der Waals surface area contributed by atoms with Gasteiger partial charge < -0.3 is 19.3 Å². The summed E-state index contributed by atoms with van der Waals surface area (Å²) in [7, 11) is 1.88. The molecule has 5 aromatic rings. The fraction of sp³-hybridized carbons (Fsp3) is 0.457. The molecule has 4 heterocycles. The van der Waals surface area contributed by atoms with E-state index in [-0.39, 0.29) is 49.7 Å². The number of fused-ring (bicyclic) bond motifs is 2. The number of benzene rings is 2. The number of halogens is 11. The summed E-state index contributed by atoms with van der Waals surface area (Å²) < 4.78 is 173. The maximum atomic E-state index is 15.4. The fourth-order valence-electron chi connectivity index (χ4n) is 8.67. The lowest BCUT2D eigenvalue weighted by Gasteiger charge is -2.32. The Morgan fingerprint density at radius 3 is 2.18 bits per heavy atom. The largest absolute Gasteiger partial charge is 0.615 e. The van der Waals surface area contributed by atoms with Gasteiger partial charge in [0.2, 0.25) is 11.7 Å². The molecule has 1 N–H and O–H groups in total. The first-order chi connectivity index (χ1) is 33.4. The van der Waals surface area contributed by atoms with Crippen molar-refractivity contribution in [1.29, 1.82) is 0 Å². The number of alkyl halides is 8. The highest BCUT2D eigenvalue weighted by Gasteiger charge is 2.53. The molecular weight excluding hydrogens is 1030 g/mol. The van der Waals surface area contributed by atoms with Crippen LogP contribution in [0, 0.1) is 23.5 Å². The smallest absolute Gasteiger partial charge is 0.435 e. The van der Waals surface area contributed by atoms with E-state index in [1.165, 1.54) is 30.5 Å². The van der Waals surface area contributed by atoms with Crippen molar-refractivity contribution in [1.82, 2.24) is 39.7 Å². The summed E-state index contributed by atoms with van der Waals surface area (Å²) in [6.45, 7) is 2.97. The summed E-state index contributed by atoms with van der Waals surface area (Å²) in [5.74, 6) is -4.28. The molecular formula is C46H46ClF10N9O4S2. The Bertz CT molecular complexity index is 2930. The lowest BCUT2D eigenvalue weighted by Crippen LogP contribution is -2.50. The first-order valence-electron chi connectivity index (χ1n) is 22.0. The zero-order valence-corrected chi connectivity index (χ0v) is 41.6. The van der Waals surface area contributed by atoms with Crippen LogP contribution in [0.25, 0.3) is 22.0 Å². The Balaban J connectivity index is 1.45. The molecule has 7 rings (SSSR count).